The molecule has 0 aromatic carbocycles. The van der Waals surface area contributed by atoms with Crippen LogP contribution in [0.1, 0.15) is 37.8 Å². The third-order valence-electron chi connectivity index (χ3n) is 3.36. The summed E-state index contributed by atoms with van der Waals surface area (Å²) >= 11 is 1.34. The fraction of sp³-hybridized carbons (Fsp3) is 0.214. The molecule has 0 spiro atoms. The molecule has 0 atom stereocenters. The molecule has 0 aliphatic heterocycles. The topological polar surface area (TPSA) is 114 Å². The molecule has 22 heavy (non-hydrogen) atoms. The molecule has 3 rings (SSSR count). The van der Waals surface area contributed by atoms with Crippen LogP contribution in [0.3, 0.4) is 0 Å². The number of imide groups is 1. The Balaban J connectivity index is 1.92. The van der Waals surface area contributed by atoms with Gasteiger partial charge in [0.05, 0.1) is 11.8 Å². The monoisotopic (exact) mass is 319 g/mol. The third-order valence-corrected chi connectivity index (χ3v) is 4.56. The molecule has 7 nitrogen and oxygen atoms in total. The van der Waals surface area contributed by atoms with Gasteiger partial charge in [0, 0.05) is 4.88 Å². The number of hydrogen-bond acceptors (Lipinski definition) is 5. The lowest BCUT2D eigenvalue weighted by atomic mass is 10.1. The van der Waals surface area contributed by atoms with Gasteiger partial charge in [-0.15, -0.1) is 11.3 Å². The van der Waals surface area contributed by atoms with Gasteiger partial charge in [-0.1, -0.05) is 0 Å². The Labute approximate surface area is 129 Å². The molecule has 1 aliphatic carbocycles. The average Bonchev–Trinajstić information content (AvgIpc) is 3.13. The molecule has 0 fully saturated rings. The number of urea groups is 1. The number of rotatable bonds is 3. The molecule has 0 bridgehead atoms. The summed E-state index contributed by atoms with van der Waals surface area (Å²) in [6, 6.07) is 2.20. The number of hydrogen-bond donors (Lipinski definition) is 3. The Bertz CT molecular complexity index is 748. The van der Waals surface area contributed by atoms with Crippen LogP contribution in [0.15, 0.2) is 22.8 Å². The van der Waals surface area contributed by atoms with Crippen molar-refractivity contribution in [2.45, 2.75) is 19.3 Å². The van der Waals surface area contributed by atoms with E-state index >= 15 is 0 Å². The van der Waals surface area contributed by atoms with Gasteiger partial charge >= 0.3 is 6.03 Å². The lowest BCUT2D eigenvalue weighted by Crippen LogP contribution is -2.35. The maximum Gasteiger partial charge on any atom is 0.319 e. The first-order valence-corrected chi connectivity index (χ1v) is 7.48. The molecule has 0 saturated carbocycles. The van der Waals surface area contributed by atoms with Crippen LogP contribution in [0.5, 0.6) is 0 Å². The van der Waals surface area contributed by atoms with Crippen LogP contribution in [0.25, 0.3) is 0 Å². The molecular weight excluding hydrogens is 306 g/mol. The highest BCUT2D eigenvalue weighted by Gasteiger charge is 2.28. The minimum absolute atomic E-state index is 0.148. The van der Waals surface area contributed by atoms with Gasteiger partial charge in [0.2, 0.25) is 0 Å². The van der Waals surface area contributed by atoms with E-state index in [9.17, 15) is 14.4 Å². The van der Waals surface area contributed by atoms with Gasteiger partial charge in [-0.25, -0.2) is 4.79 Å². The Morgan fingerprint density at radius 1 is 1.23 bits per heavy atom. The van der Waals surface area contributed by atoms with Crippen LogP contribution in [0.2, 0.25) is 0 Å². The normalized spacial score (nSPS) is 12.7. The molecule has 2 aromatic heterocycles. The van der Waals surface area contributed by atoms with Crippen molar-refractivity contribution in [3.05, 3.63) is 40.2 Å². The molecule has 2 aromatic rings. The summed E-state index contributed by atoms with van der Waals surface area (Å²) in [6.45, 7) is 0. The first kappa shape index (κ1) is 14.3. The summed E-state index contributed by atoms with van der Waals surface area (Å²) in [5.74, 6) is -0.894. The predicted molar refractivity (Wildman–Crippen MR) is 80.1 cm³/mol. The van der Waals surface area contributed by atoms with Gasteiger partial charge < -0.3 is 15.5 Å². The Hall–Kier alpha value is -2.61. The molecule has 8 heteroatoms. The van der Waals surface area contributed by atoms with Gasteiger partial charge in [0.15, 0.2) is 5.76 Å². The summed E-state index contributed by atoms with van der Waals surface area (Å²) in [6.07, 6.45) is 3.94. The molecule has 4 amide bonds. The number of carbonyl (C=O) groups excluding carboxylic acids is 3. The molecule has 1 aliphatic rings. The summed E-state index contributed by atoms with van der Waals surface area (Å²) < 4.78 is 5.03. The van der Waals surface area contributed by atoms with Crippen molar-refractivity contribution in [1.82, 2.24) is 5.32 Å². The largest absolute Gasteiger partial charge is 0.459 e. The first-order valence-electron chi connectivity index (χ1n) is 6.66. The number of carbonyl (C=O) groups is 3. The van der Waals surface area contributed by atoms with E-state index < -0.39 is 17.8 Å². The van der Waals surface area contributed by atoms with Crippen LogP contribution in [0, 0.1) is 0 Å². The van der Waals surface area contributed by atoms with Crippen molar-refractivity contribution in [3.8, 4) is 0 Å². The van der Waals surface area contributed by atoms with Crippen LogP contribution >= 0.6 is 11.3 Å². The van der Waals surface area contributed by atoms with Crippen molar-refractivity contribution in [3.63, 3.8) is 0 Å². The average molecular weight is 319 g/mol. The molecule has 4 N–H and O–H groups in total. The quantitative estimate of drug-likeness (QED) is 0.801. The number of anilines is 1. The van der Waals surface area contributed by atoms with Gasteiger partial charge in [-0.2, -0.15) is 0 Å². The fourth-order valence-corrected chi connectivity index (χ4v) is 3.76. The van der Waals surface area contributed by atoms with Crippen molar-refractivity contribution in [1.29, 1.82) is 0 Å². The summed E-state index contributed by atoms with van der Waals surface area (Å²) in [5.41, 5.74) is 6.19. The second-order valence-corrected chi connectivity index (χ2v) is 5.92. The van der Waals surface area contributed by atoms with E-state index in [2.05, 4.69) is 10.6 Å². The molecule has 2 heterocycles. The summed E-state index contributed by atoms with van der Waals surface area (Å²) in [4.78, 5) is 36.2. The standard InChI is InChI=1S/C14H13N3O4S/c15-14(20)17-12(19)10-7-3-1-5-9(7)22-13(10)16-11(18)8-4-2-6-21-8/h2,4,6H,1,3,5H2,(H,16,18)(H3,15,17,19,20). The van der Waals surface area contributed by atoms with Crippen molar-refractivity contribution in [2.24, 2.45) is 5.73 Å². The summed E-state index contributed by atoms with van der Waals surface area (Å²) in [7, 11) is 0. The maximum absolute atomic E-state index is 12.2. The number of fused-ring (bicyclic) bond motifs is 1. The minimum Gasteiger partial charge on any atom is -0.459 e. The lowest BCUT2D eigenvalue weighted by Gasteiger charge is -2.06. The maximum atomic E-state index is 12.2. The van der Waals surface area contributed by atoms with Crippen molar-refractivity contribution in [2.75, 3.05) is 5.32 Å². The second-order valence-electron chi connectivity index (χ2n) is 4.81. The smallest absolute Gasteiger partial charge is 0.319 e. The first-order chi connectivity index (χ1) is 10.6. The van der Waals surface area contributed by atoms with Gasteiger partial charge in [-0.05, 0) is 37.0 Å². The minimum atomic E-state index is -0.925. The van der Waals surface area contributed by atoms with E-state index in [-0.39, 0.29) is 5.76 Å². The zero-order valence-corrected chi connectivity index (χ0v) is 12.3. The number of furan rings is 1. The SMILES string of the molecule is NC(=O)NC(=O)c1c(NC(=O)c2ccco2)sc2c1CCC2. The number of primary amides is 1. The van der Waals surface area contributed by atoms with E-state index in [0.717, 1.165) is 29.7 Å². The molecular formula is C14H13N3O4S. The van der Waals surface area contributed by atoms with Gasteiger partial charge in [0.1, 0.15) is 5.00 Å². The van der Waals surface area contributed by atoms with E-state index in [0.29, 0.717) is 10.6 Å². The lowest BCUT2D eigenvalue weighted by molar-refractivity contribution is 0.0966. The molecule has 0 radical (unpaired) electrons. The highest BCUT2D eigenvalue weighted by atomic mass is 32.1. The molecule has 114 valence electrons. The van der Waals surface area contributed by atoms with Crippen molar-refractivity contribution >= 4 is 34.2 Å². The fourth-order valence-electron chi connectivity index (χ4n) is 2.48. The third kappa shape index (κ3) is 2.60. The van der Waals surface area contributed by atoms with E-state index in [1.165, 1.54) is 23.7 Å². The van der Waals surface area contributed by atoms with Crippen LogP contribution < -0.4 is 16.4 Å². The van der Waals surface area contributed by atoms with Crippen molar-refractivity contribution < 1.29 is 18.8 Å². The molecule has 0 saturated heterocycles. The van der Waals surface area contributed by atoms with Crippen LogP contribution in [-0.4, -0.2) is 17.8 Å². The van der Waals surface area contributed by atoms with E-state index in [1.807, 2.05) is 0 Å². The number of aryl methyl sites for hydroxylation is 1. The number of thiophene rings is 1. The van der Waals surface area contributed by atoms with Gasteiger partial charge in [0.25, 0.3) is 11.8 Å². The van der Waals surface area contributed by atoms with E-state index in [4.69, 9.17) is 10.2 Å². The Morgan fingerprint density at radius 3 is 2.73 bits per heavy atom. The zero-order valence-electron chi connectivity index (χ0n) is 11.5. The highest BCUT2D eigenvalue weighted by Crippen LogP contribution is 2.39. The second kappa shape index (κ2) is 5.64. The molecule has 0 unspecified atom stereocenters. The number of nitrogens with one attached hydrogen (secondary N) is 2. The Morgan fingerprint density at radius 2 is 2.05 bits per heavy atom. The Kier molecular flexibility index (Phi) is 3.68. The zero-order chi connectivity index (χ0) is 15.7. The van der Waals surface area contributed by atoms with E-state index in [1.54, 1.807) is 6.07 Å². The van der Waals surface area contributed by atoms with Crippen LogP contribution in [-0.2, 0) is 12.8 Å². The predicted octanol–water partition coefficient (Wildman–Crippen LogP) is 1.89. The highest BCUT2D eigenvalue weighted by molar-refractivity contribution is 7.17. The van der Waals surface area contributed by atoms with Gasteiger partial charge in [-0.3, -0.25) is 14.9 Å². The number of nitrogens with two attached hydrogens (primary N) is 1. The van der Waals surface area contributed by atoms with Crippen LogP contribution in [0.4, 0.5) is 9.80 Å². The summed E-state index contributed by atoms with van der Waals surface area (Å²) in [5, 5.41) is 5.13. The number of amides is 4.